The highest BCUT2D eigenvalue weighted by molar-refractivity contribution is 5.81. The van der Waals surface area contributed by atoms with E-state index in [1.54, 1.807) is 0 Å². The van der Waals surface area contributed by atoms with Crippen molar-refractivity contribution in [2.24, 2.45) is 5.41 Å². The second kappa shape index (κ2) is 4.78. The molecule has 0 aliphatic heterocycles. The summed E-state index contributed by atoms with van der Waals surface area (Å²) < 4.78 is 0. The third-order valence-electron chi connectivity index (χ3n) is 3.28. The molecule has 0 spiro atoms. The van der Waals surface area contributed by atoms with Gasteiger partial charge in [-0.05, 0) is 43.6 Å². The van der Waals surface area contributed by atoms with Crippen molar-refractivity contribution in [3.8, 4) is 0 Å². The summed E-state index contributed by atoms with van der Waals surface area (Å²) in [7, 11) is 0. The summed E-state index contributed by atoms with van der Waals surface area (Å²) in [6.45, 7) is 8.57. The predicted molar refractivity (Wildman–Crippen MR) is 64.8 cm³/mol. The van der Waals surface area contributed by atoms with Gasteiger partial charge in [0.2, 0.25) is 0 Å². The van der Waals surface area contributed by atoms with Crippen molar-refractivity contribution < 1.29 is 4.79 Å². The van der Waals surface area contributed by atoms with Crippen molar-refractivity contribution in [3.05, 3.63) is 22.8 Å². The van der Waals surface area contributed by atoms with E-state index in [4.69, 9.17) is 0 Å². The second-order valence-corrected chi connectivity index (χ2v) is 5.38. The lowest BCUT2D eigenvalue weighted by atomic mass is 9.81. The highest BCUT2D eigenvalue weighted by atomic mass is 16.1. The smallest absolute Gasteiger partial charge is 0.150 e. The van der Waals surface area contributed by atoms with Crippen molar-refractivity contribution >= 4 is 6.29 Å². The normalized spacial score (nSPS) is 19.3. The minimum absolute atomic E-state index is 0.0918. The quantitative estimate of drug-likeness (QED) is 0.492. The van der Waals surface area contributed by atoms with Crippen LogP contribution in [0, 0.1) is 5.41 Å². The zero-order valence-electron chi connectivity index (χ0n) is 10.4. The van der Waals surface area contributed by atoms with Crippen molar-refractivity contribution in [3.63, 3.8) is 0 Å². The number of aldehydes is 1. The largest absolute Gasteiger partial charge is 0.298 e. The summed E-state index contributed by atoms with van der Waals surface area (Å²) in [5.74, 6) is 0. The Kier molecular flexibility index (Phi) is 3.90. The molecule has 0 aromatic heterocycles. The van der Waals surface area contributed by atoms with E-state index in [0.717, 1.165) is 24.7 Å². The zero-order valence-corrected chi connectivity index (χ0v) is 10.4. The molecule has 0 aromatic carbocycles. The molecule has 84 valence electrons. The van der Waals surface area contributed by atoms with E-state index in [2.05, 4.69) is 33.8 Å². The molecule has 1 heteroatoms. The molecule has 0 fully saturated rings. The number of hydrogen-bond donors (Lipinski definition) is 0. The average molecular weight is 206 g/mol. The fourth-order valence-electron chi connectivity index (χ4n) is 1.89. The topological polar surface area (TPSA) is 17.1 Å². The van der Waals surface area contributed by atoms with E-state index in [1.807, 2.05) is 0 Å². The van der Waals surface area contributed by atoms with Gasteiger partial charge >= 0.3 is 0 Å². The van der Waals surface area contributed by atoms with Crippen molar-refractivity contribution in [2.75, 3.05) is 0 Å². The molecule has 1 nitrogen and oxygen atoms in total. The van der Waals surface area contributed by atoms with Crippen LogP contribution in [0.4, 0.5) is 0 Å². The van der Waals surface area contributed by atoms with Gasteiger partial charge in [0.1, 0.15) is 6.29 Å². The van der Waals surface area contributed by atoms with Crippen LogP contribution in [0.5, 0.6) is 0 Å². The highest BCUT2D eigenvalue weighted by Gasteiger charge is 2.19. The molecular weight excluding hydrogens is 184 g/mol. The molecule has 0 heterocycles. The lowest BCUT2D eigenvalue weighted by Crippen LogP contribution is -2.12. The first-order chi connectivity index (χ1) is 6.96. The van der Waals surface area contributed by atoms with Gasteiger partial charge in [0.05, 0.1) is 0 Å². The maximum absolute atomic E-state index is 11.2. The highest BCUT2D eigenvalue weighted by Crippen LogP contribution is 2.32. The van der Waals surface area contributed by atoms with Crippen LogP contribution in [-0.4, -0.2) is 6.29 Å². The Morgan fingerprint density at radius 3 is 2.40 bits per heavy atom. The molecule has 1 rings (SSSR count). The summed E-state index contributed by atoms with van der Waals surface area (Å²) in [6.07, 6.45) is 7.97. The average Bonchev–Trinajstić information content (AvgIpc) is 2.19. The molecule has 0 saturated heterocycles. The first-order valence-electron chi connectivity index (χ1n) is 5.82. The lowest BCUT2D eigenvalue weighted by Gasteiger charge is -2.24. The monoisotopic (exact) mass is 206 g/mol. The Hall–Kier alpha value is -0.850. The fraction of sp³-hybridized carbons (Fsp3) is 0.643. The van der Waals surface area contributed by atoms with Gasteiger partial charge in [-0.15, -0.1) is 0 Å². The van der Waals surface area contributed by atoms with E-state index in [1.165, 1.54) is 24.0 Å². The van der Waals surface area contributed by atoms with Crippen LogP contribution in [0.15, 0.2) is 22.8 Å². The Bertz CT molecular complexity index is 300. The van der Waals surface area contributed by atoms with Gasteiger partial charge < -0.3 is 0 Å². The first kappa shape index (κ1) is 12.2. The van der Waals surface area contributed by atoms with Crippen molar-refractivity contribution in [2.45, 2.75) is 53.4 Å². The van der Waals surface area contributed by atoms with Crippen LogP contribution in [-0.2, 0) is 4.79 Å². The summed E-state index contributed by atoms with van der Waals surface area (Å²) in [5, 5.41) is 0. The van der Waals surface area contributed by atoms with Gasteiger partial charge in [0, 0.05) is 5.57 Å². The second-order valence-electron chi connectivity index (χ2n) is 5.38. The molecule has 0 unspecified atom stereocenters. The zero-order chi connectivity index (χ0) is 11.5. The number of rotatable bonds is 2. The van der Waals surface area contributed by atoms with Crippen LogP contribution in [0.25, 0.3) is 0 Å². The molecule has 1 aliphatic rings. The standard InChI is InChI=1S/C14H22O/c1-11(14(2,3)4)13(10-15)12-8-6-5-7-9-12/h8,10H,5-7,9H2,1-4H3. The third kappa shape index (κ3) is 3.05. The maximum atomic E-state index is 11.2. The fourth-order valence-corrected chi connectivity index (χ4v) is 1.89. The third-order valence-corrected chi connectivity index (χ3v) is 3.28. The molecule has 0 amide bonds. The van der Waals surface area contributed by atoms with Crippen LogP contribution < -0.4 is 0 Å². The van der Waals surface area contributed by atoms with E-state index in [-0.39, 0.29) is 5.41 Å². The van der Waals surface area contributed by atoms with Crippen molar-refractivity contribution in [1.29, 1.82) is 0 Å². The van der Waals surface area contributed by atoms with E-state index in [0.29, 0.717) is 0 Å². The van der Waals surface area contributed by atoms with E-state index in [9.17, 15) is 4.79 Å². The Morgan fingerprint density at radius 1 is 1.33 bits per heavy atom. The number of allylic oxidation sites excluding steroid dienone is 4. The van der Waals surface area contributed by atoms with Gasteiger partial charge in [-0.3, -0.25) is 4.79 Å². The minimum Gasteiger partial charge on any atom is -0.298 e. The lowest BCUT2D eigenvalue weighted by molar-refractivity contribution is -0.104. The molecule has 0 aromatic rings. The van der Waals surface area contributed by atoms with Crippen LogP contribution >= 0.6 is 0 Å². The van der Waals surface area contributed by atoms with Gasteiger partial charge in [0.25, 0.3) is 0 Å². The predicted octanol–water partition coefficient (Wildman–Crippen LogP) is 4.05. The molecule has 0 N–H and O–H groups in total. The summed E-state index contributed by atoms with van der Waals surface area (Å²) in [4.78, 5) is 11.2. The summed E-state index contributed by atoms with van der Waals surface area (Å²) >= 11 is 0. The Labute approximate surface area is 93.3 Å². The molecule has 0 atom stereocenters. The molecular formula is C14H22O. The molecule has 0 saturated carbocycles. The van der Waals surface area contributed by atoms with Gasteiger partial charge in [-0.2, -0.15) is 0 Å². The Morgan fingerprint density at radius 2 is 2.00 bits per heavy atom. The molecule has 0 radical (unpaired) electrons. The maximum Gasteiger partial charge on any atom is 0.150 e. The van der Waals surface area contributed by atoms with Gasteiger partial charge in [-0.1, -0.05) is 32.4 Å². The molecule has 0 bridgehead atoms. The number of carbonyl (C=O) groups is 1. The number of carbonyl (C=O) groups excluding carboxylic acids is 1. The summed E-state index contributed by atoms with van der Waals surface area (Å²) in [6, 6.07) is 0. The van der Waals surface area contributed by atoms with E-state index >= 15 is 0 Å². The van der Waals surface area contributed by atoms with Crippen LogP contribution in [0.3, 0.4) is 0 Å². The van der Waals surface area contributed by atoms with Crippen LogP contribution in [0.1, 0.15) is 53.4 Å². The number of hydrogen-bond acceptors (Lipinski definition) is 1. The first-order valence-corrected chi connectivity index (χ1v) is 5.82. The van der Waals surface area contributed by atoms with Crippen LogP contribution in [0.2, 0.25) is 0 Å². The van der Waals surface area contributed by atoms with Gasteiger partial charge in [0.15, 0.2) is 0 Å². The minimum atomic E-state index is 0.0918. The molecule has 15 heavy (non-hydrogen) atoms. The van der Waals surface area contributed by atoms with Crippen molar-refractivity contribution in [1.82, 2.24) is 0 Å². The van der Waals surface area contributed by atoms with Gasteiger partial charge in [-0.25, -0.2) is 0 Å². The summed E-state index contributed by atoms with van der Waals surface area (Å²) in [5.41, 5.74) is 3.52. The van der Waals surface area contributed by atoms with E-state index < -0.39 is 0 Å². The SMILES string of the molecule is CC(=C(C=O)C1=CCCCC1)C(C)(C)C. The Balaban J connectivity index is 3.06. The molecule has 1 aliphatic carbocycles.